The number of hydrogen-bond donors (Lipinski definition) is 1. The zero-order valence-electron chi connectivity index (χ0n) is 15.6. The van der Waals surface area contributed by atoms with E-state index in [0.29, 0.717) is 6.54 Å². The number of likely N-dealkylation sites (N-methyl/N-ethyl adjacent to an activating group) is 2. The lowest BCUT2D eigenvalue weighted by molar-refractivity contribution is -0.135. The SMILES string of the molecule is CNC(=O)C(CN1CCN(C)CC1)(OC)Sc1ccc2ccccc2n1. The number of carbonyl (C=O) groups excluding carboxylic acids is 1. The Morgan fingerprint density at radius 2 is 1.96 bits per heavy atom. The van der Waals surface area contributed by atoms with Gasteiger partial charge in [0.1, 0.15) is 5.03 Å². The van der Waals surface area contributed by atoms with Gasteiger partial charge in [0, 0.05) is 52.3 Å². The maximum Gasteiger partial charge on any atom is 0.264 e. The minimum absolute atomic E-state index is 0.140. The van der Waals surface area contributed by atoms with E-state index in [0.717, 1.165) is 42.1 Å². The van der Waals surface area contributed by atoms with Crippen LogP contribution in [0.5, 0.6) is 0 Å². The van der Waals surface area contributed by atoms with E-state index < -0.39 is 4.93 Å². The van der Waals surface area contributed by atoms with Crippen molar-refractivity contribution in [2.75, 3.05) is 53.9 Å². The minimum Gasteiger partial charge on any atom is -0.357 e. The number of para-hydroxylation sites is 1. The number of piperazine rings is 1. The summed E-state index contributed by atoms with van der Waals surface area (Å²) >= 11 is 1.38. The molecular formula is C19H26N4O2S. The first-order valence-corrected chi connectivity index (χ1v) is 9.61. The molecule has 0 radical (unpaired) electrons. The quantitative estimate of drug-likeness (QED) is 0.613. The van der Waals surface area contributed by atoms with Gasteiger partial charge in [-0.3, -0.25) is 9.69 Å². The molecule has 1 aliphatic heterocycles. The summed E-state index contributed by atoms with van der Waals surface area (Å²) in [5, 5.41) is 4.63. The molecule has 2 heterocycles. The number of nitrogens with one attached hydrogen (secondary N) is 1. The van der Waals surface area contributed by atoms with Crippen molar-refractivity contribution in [2.24, 2.45) is 0 Å². The Bertz CT molecular complexity index is 764. The molecule has 1 atom stereocenters. The van der Waals surface area contributed by atoms with E-state index in [-0.39, 0.29) is 5.91 Å². The molecule has 0 spiro atoms. The number of ether oxygens (including phenoxy) is 1. The van der Waals surface area contributed by atoms with Gasteiger partial charge in [0.05, 0.1) is 5.52 Å². The van der Waals surface area contributed by atoms with E-state index >= 15 is 0 Å². The number of methoxy groups -OCH3 is 1. The summed E-state index contributed by atoms with van der Waals surface area (Å²) in [6.45, 7) is 4.35. The molecule has 7 heteroatoms. The van der Waals surface area contributed by atoms with Gasteiger partial charge >= 0.3 is 0 Å². The van der Waals surface area contributed by atoms with Gasteiger partial charge in [-0.25, -0.2) is 4.98 Å². The second-order valence-corrected chi connectivity index (χ2v) is 7.84. The standard InChI is InChI=1S/C19H26N4O2S/c1-20-18(24)19(25-3,14-23-12-10-22(2)11-13-23)26-17-9-8-15-6-4-5-7-16(15)21-17/h4-9H,10-14H2,1-3H3,(H,20,24). The average molecular weight is 375 g/mol. The van der Waals surface area contributed by atoms with Crippen LogP contribution in [0.15, 0.2) is 41.4 Å². The maximum atomic E-state index is 12.7. The lowest BCUT2D eigenvalue weighted by Crippen LogP contribution is -2.56. The predicted octanol–water partition coefficient (Wildman–Crippen LogP) is 1.66. The molecule has 3 rings (SSSR count). The summed E-state index contributed by atoms with van der Waals surface area (Å²) in [5.74, 6) is -0.140. The number of benzene rings is 1. The van der Waals surface area contributed by atoms with Gasteiger partial charge in [-0.2, -0.15) is 0 Å². The van der Waals surface area contributed by atoms with Gasteiger partial charge in [-0.1, -0.05) is 36.0 Å². The Labute approximate surface area is 158 Å². The van der Waals surface area contributed by atoms with Gasteiger partial charge in [0.15, 0.2) is 0 Å². The number of fused-ring (bicyclic) bond motifs is 1. The summed E-state index contributed by atoms with van der Waals surface area (Å²) in [6, 6.07) is 12.0. The Hall–Kier alpha value is -1.67. The zero-order chi connectivity index (χ0) is 18.6. The van der Waals surface area contributed by atoms with Crippen LogP contribution < -0.4 is 5.32 Å². The van der Waals surface area contributed by atoms with Crippen LogP contribution in [-0.4, -0.2) is 79.6 Å². The Morgan fingerprint density at radius 1 is 1.23 bits per heavy atom. The Balaban J connectivity index is 1.85. The van der Waals surface area contributed by atoms with Crippen LogP contribution in [0.3, 0.4) is 0 Å². The highest BCUT2D eigenvalue weighted by Gasteiger charge is 2.42. The second kappa shape index (κ2) is 8.35. The molecule has 1 aromatic carbocycles. The van der Waals surface area contributed by atoms with Crippen molar-refractivity contribution >= 4 is 28.6 Å². The van der Waals surface area contributed by atoms with Crippen molar-refractivity contribution in [3.8, 4) is 0 Å². The van der Waals surface area contributed by atoms with E-state index in [1.807, 2.05) is 36.4 Å². The Morgan fingerprint density at radius 3 is 2.65 bits per heavy atom. The summed E-state index contributed by atoms with van der Waals surface area (Å²) in [7, 11) is 5.36. The highest BCUT2D eigenvalue weighted by Crippen LogP contribution is 2.35. The molecule has 0 aliphatic carbocycles. The molecule has 26 heavy (non-hydrogen) atoms. The number of carbonyl (C=O) groups is 1. The lowest BCUT2D eigenvalue weighted by Gasteiger charge is -2.38. The second-order valence-electron chi connectivity index (χ2n) is 6.56. The van der Waals surface area contributed by atoms with Gasteiger partial charge < -0.3 is 15.0 Å². The van der Waals surface area contributed by atoms with Crippen LogP contribution in [0.2, 0.25) is 0 Å². The topological polar surface area (TPSA) is 57.7 Å². The van der Waals surface area contributed by atoms with Gasteiger partial charge in [0.25, 0.3) is 5.91 Å². The molecule has 1 fully saturated rings. The van der Waals surface area contributed by atoms with Crippen molar-refractivity contribution in [1.29, 1.82) is 0 Å². The van der Waals surface area contributed by atoms with Crippen LogP contribution in [0, 0.1) is 0 Å². The molecule has 1 unspecified atom stereocenters. The van der Waals surface area contributed by atoms with Gasteiger partial charge in [-0.05, 0) is 19.2 Å². The normalized spacial score (nSPS) is 18.6. The van der Waals surface area contributed by atoms with E-state index in [2.05, 4.69) is 22.2 Å². The smallest absolute Gasteiger partial charge is 0.264 e. The molecule has 1 N–H and O–H groups in total. The number of thioether (sulfide) groups is 1. The average Bonchev–Trinajstić information content (AvgIpc) is 2.68. The third kappa shape index (κ3) is 4.17. The number of nitrogens with zero attached hydrogens (tertiary/aromatic N) is 3. The molecule has 2 aromatic rings. The van der Waals surface area contributed by atoms with E-state index in [1.165, 1.54) is 11.8 Å². The Kier molecular flexibility index (Phi) is 6.13. The first-order chi connectivity index (χ1) is 12.6. The van der Waals surface area contributed by atoms with E-state index in [9.17, 15) is 4.79 Å². The lowest BCUT2D eigenvalue weighted by atomic mass is 10.2. The monoisotopic (exact) mass is 374 g/mol. The van der Waals surface area contributed by atoms with Gasteiger partial charge in [-0.15, -0.1) is 0 Å². The van der Waals surface area contributed by atoms with Crippen molar-refractivity contribution in [1.82, 2.24) is 20.1 Å². The zero-order valence-corrected chi connectivity index (χ0v) is 16.4. The first kappa shape index (κ1) is 19.1. The number of rotatable bonds is 6. The summed E-state index contributed by atoms with van der Waals surface area (Å²) < 4.78 is 5.79. The molecule has 0 bridgehead atoms. The summed E-state index contributed by atoms with van der Waals surface area (Å²) in [4.78, 5) is 21.0. The van der Waals surface area contributed by atoms with Crippen molar-refractivity contribution in [3.05, 3.63) is 36.4 Å². The van der Waals surface area contributed by atoms with Crippen LogP contribution in [0.4, 0.5) is 0 Å². The number of pyridine rings is 1. The molecule has 1 saturated heterocycles. The highest BCUT2D eigenvalue weighted by molar-refractivity contribution is 8.01. The summed E-state index contributed by atoms with van der Waals surface area (Å²) in [6.07, 6.45) is 0. The van der Waals surface area contributed by atoms with E-state index in [1.54, 1.807) is 14.2 Å². The van der Waals surface area contributed by atoms with Crippen LogP contribution in [0.25, 0.3) is 10.9 Å². The number of amides is 1. The molecule has 6 nitrogen and oxygen atoms in total. The third-order valence-electron chi connectivity index (χ3n) is 4.77. The molecule has 140 valence electrons. The maximum absolute atomic E-state index is 12.7. The fraction of sp³-hybridized carbons (Fsp3) is 0.474. The van der Waals surface area contributed by atoms with Crippen molar-refractivity contribution in [2.45, 2.75) is 9.96 Å². The molecule has 0 saturated carbocycles. The van der Waals surface area contributed by atoms with Crippen molar-refractivity contribution in [3.63, 3.8) is 0 Å². The van der Waals surface area contributed by atoms with E-state index in [4.69, 9.17) is 9.72 Å². The number of hydrogen-bond acceptors (Lipinski definition) is 6. The third-order valence-corrected chi connectivity index (χ3v) is 6.02. The molecule has 1 aromatic heterocycles. The largest absolute Gasteiger partial charge is 0.357 e. The van der Waals surface area contributed by atoms with Crippen LogP contribution in [0.1, 0.15) is 0 Å². The fourth-order valence-corrected chi connectivity index (χ4v) is 4.26. The first-order valence-electron chi connectivity index (χ1n) is 8.79. The minimum atomic E-state index is -1.03. The molecule has 1 aliphatic rings. The summed E-state index contributed by atoms with van der Waals surface area (Å²) in [5.41, 5.74) is 0.916. The number of aromatic nitrogens is 1. The fourth-order valence-electron chi connectivity index (χ4n) is 3.11. The van der Waals surface area contributed by atoms with Crippen molar-refractivity contribution < 1.29 is 9.53 Å². The molecular weight excluding hydrogens is 348 g/mol. The van der Waals surface area contributed by atoms with Gasteiger partial charge in [0.2, 0.25) is 4.93 Å². The van der Waals surface area contributed by atoms with Crippen LogP contribution >= 0.6 is 11.8 Å². The highest BCUT2D eigenvalue weighted by atomic mass is 32.2. The molecule has 1 amide bonds. The predicted molar refractivity (Wildman–Crippen MR) is 105 cm³/mol. The van der Waals surface area contributed by atoms with Crippen LogP contribution in [-0.2, 0) is 9.53 Å².